The maximum absolute atomic E-state index is 6.11. The molecule has 31 heavy (non-hydrogen) atoms. The van der Waals surface area contributed by atoms with Gasteiger partial charge in [0.1, 0.15) is 11.4 Å². The van der Waals surface area contributed by atoms with Crippen LogP contribution >= 0.6 is 11.9 Å². The molecule has 1 N–H and O–H groups in total. The second-order valence-corrected chi connectivity index (χ2v) is 11.6. The van der Waals surface area contributed by atoms with Gasteiger partial charge in [0, 0.05) is 24.4 Å². The van der Waals surface area contributed by atoms with Gasteiger partial charge in [0.2, 0.25) is 0 Å². The Hall–Kier alpha value is -1.85. The van der Waals surface area contributed by atoms with Crippen LogP contribution in [0.4, 0.5) is 11.4 Å². The molecule has 0 aromatic heterocycles. The Morgan fingerprint density at radius 1 is 0.968 bits per heavy atom. The van der Waals surface area contributed by atoms with Crippen LogP contribution in [0.5, 0.6) is 5.75 Å². The van der Waals surface area contributed by atoms with Gasteiger partial charge in [0.15, 0.2) is 0 Å². The molecule has 0 atom stereocenters. The molecule has 5 rings (SSSR count). The summed E-state index contributed by atoms with van der Waals surface area (Å²) < 4.78 is 15.8. The lowest BCUT2D eigenvalue weighted by molar-refractivity contribution is 0.0295. The summed E-state index contributed by atoms with van der Waals surface area (Å²) in [6.45, 7) is 11.9. The highest BCUT2D eigenvalue weighted by Crippen LogP contribution is 2.47. The number of hydrogen-bond acceptors (Lipinski definition) is 5. The van der Waals surface area contributed by atoms with E-state index in [0.717, 1.165) is 31.9 Å². The molecule has 0 unspecified atom stereocenters. The Labute approximate surface area is 190 Å². The van der Waals surface area contributed by atoms with Gasteiger partial charge in [-0.15, -0.1) is 0 Å². The van der Waals surface area contributed by atoms with E-state index in [0.29, 0.717) is 5.41 Å². The van der Waals surface area contributed by atoms with E-state index in [1.54, 1.807) is 11.9 Å². The van der Waals surface area contributed by atoms with Gasteiger partial charge >= 0.3 is 0 Å². The van der Waals surface area contributed by atoms with Gasteiger partial charge in [-0.25, -0.2) is 0 Å². The van der Waals surface area contributed by atoms with Crippen molar-refractivity contribution in [2.45, 2.75) is 69.5 Å². The van der Waals surface area contributed by atoms with Gasteiger partial charge in [0.05, 0.1) is 23.6 Å². The largest absolute Gasteiger partial charge is 0.487 e. The summed E-state index contributed by atoms with van der Waals surface area (Å²) >= 11 is 1.66. The summed E-state index contributed by atoms with van der Waals surface area (Å²) in [5.74, 6) is 1.02. The fourth-order valence-electron chi connectivity index (χ4n) is 5.48. The first kappa shape index (κ1) is 21.0. The summed E-state index contributed by atoms with van der Waals surface area (Å²) in [5, 5.41) is 0. The van der Waals surface area contributed by atoms with Crippen molar-refractivity contribution in [3.8, 4) is 5.75 Å². The van der Waals surface area contributed by atoms with E-state index in [4.69, 9.17) is 9.47 Å². The molecule has 2 aromatic rings. The first-order valence-corrected chi connectivity index (χ1v) is 12.3. The first-order valence-electron chi connectivity index (χ1n) is 11.5. The fraction of sp³-hybridized carbons (Fsp3) is 0.538. The first-order chi connectivity index (χ1) is 14.7. The number of fused-ring (bicyclic) bond motifs is 1. The minimum absolute atomic E-state index is 0.0348. The highest BCUT2D eigenvalue weighted by Gasteiger charge is 2.45. The summed E-state index contributed by atoms with van der Waals surface area (Å²) in [7, 11) is 0. The van der Waals surface area contributed by atoms with Crippen LogP contribution in [0.2, 0.25) is 0 Å². The molecule has 0 amide bonds. The van der Waals surface area contributed by atoms with Crippen molar-refractivity contribution in [1.82, 2.24) is 0 Å². The normalized spacial score (nSPS) is 22.9. The van der Waals surface area contributed by atoms with E-state index >= 15 is 0 Å². The number of piperidine rings is 1. The zero-order valence-corrected chi connectivity index (χ0v) is 20.0. The Morgan fingerprint density at radius 2 is 1.74 bits per heavy atom. The van der Waals surface area contributed by atoms with E-state index in [1.165, 1.54) is 41.1 Å². The molecule has 5 heteroatoms. The molecule has 2 saturated heterocycles. The highest BCUT2D eigenvalue weighted by molar-refractivity contribution is 8.00. The Bertz CT molecular complexity index is 964. The van der Waals surface area contributed by atoms with E-state index in [-0.39, 0.29) is 11.2 Å². The van der Waals surface area contributed by atoms with Gasteiger partial charge in [-0.1, -0.05) is 18.2 Å². The van der Waals surface area contributed by atoms with Crippen LogP contribution in [0.15, 0.2) is 47.4 Å². The van der Waals surface area contributed by atoms with Crippen LogP contribution in [0.3, 0.4) is 0 Å². The molecular formula is C26H34N2O2S. The van der Waals surface area contributed by atoms with Crippen molar-refractivity contribution in [2.75, 3.05) is 29.3 Å². The molecule has 166 valence electrons. The zero-order chi connectivity index (χ0) is 21.7. The molecule has 1 spiro atoms. The van der Waals surface area contributed by atoms with Crippen molar-refractivity contribution < 1.29 is 9.47 Å². The van der Waals surface area contributed by atoms with Gasteiger partial charge < -0.3 is 19.1 Å². The quantitative estimate of drug-likeness (QED) is 0.566. The average molecular weight is 439 g/mol. The molecule has 0 saturated carbocycles. The molecular weight excluding hydrogens is 404 g/mol. The maximum Gasteiger partial charge on any atom is 0.124 e. The smallest absolute Gasteiger partial charge is 0.124 e. The average Bonchev–Trinajstić information content (AvgIpc) is 3.20. The molecule has 2 aromatic carbocycles. The van der Waals surface area contributed by atoms with Crippen LogP contribution in [0.25, 0.3) is 0 Å². The Morgan fingerprint density at radius 3 is 2.48 bits per heavy atom. The Balaban J connectivity index is 1.25. The van der Waals surface area contributed by atoms with Gasteiger partial charge in [-0.2, -0.15) is 0 Å². The number of para-hydroxylation sites is 2. The van der Waals surface area contributed by atoms with Crippen LogP contribution in [0.1, 0.15) is 52.5 Å². The standard InChI is InChI=1S/C26H34N2O2S/c1-24(2)16-19-9-10-20(15-23(19)30-24)31-27-21-7-5-6-8-22(21)28-13-11-26(12-14-28)17-25(3,4)29-18-26/h5-10,15,27H,11-14,16-18H2,1-4H3. The van der Waals surface area contributed by atoms with Crippen LogP contribution in [-0.4, -0.2) is 30.9 Å². The lowest BCUT2D eigenvalue weighted by Gasteiger charge is -2.40. The van der Waals surface area contributed by atoms with Crippen LogP contribution in [0, 0.1) is 5.41 Å². The monoisotopic (exact) mass is 438 g/mol. The number of hydrogen-bond donors (Lipinski definition) is 1. The second-order valence-electron chi connectivity index (χ2n) is 10.7. The van der Waals surface area contributed by atoms with Crippen molar-refractivity contribution in [3.63, 3.8) is 0 Å². The van der Waals surface area contributed by atoms with Crippen LogP contribution < -0.4 is 14.4 Å². The van der Waals surface area contributed by atoms with E-state index < -0.39 is 0 Å². The predicted molar refractivity (Wildman–Crippen MR) is 129 cm³/mol. The van der Waals surface area contributed by atoms with Crippen molar-refractivity contribution in [2.24, 2.45) is 5.41 Å². The molecule has 3 aliphatic heterocycles. The summed E-state index contributed by atoms with van der Waals surface area (Å²) in [4.78, 5) is 3.71. The van der Waals surface area contributed by atoms with Gasteiger partial charge in [0.25, 0.3) is 0 Å². The Kier molecular flexibility index (Phi) is 5.17. The molecule has 0 bridgehead atoms. The molecule has 0 aliphatic carbocycles. The third-order valence-electron chi connectivity index (χ3n) is 6.96. The number of ether oxygens (including phenoxy) is 2. The zero-order valence-electron chi connectivity index (χ0n) is 19.2. The number of rotatable bonds is 4. The highest BCUT2D eigenvalue weighted by atomic mass is 32.2. The molecule has 4 nitrogen and oxygen atoms in total. The van der Waals surface area contributed by atoms with Crippen molar-refractivity contribution in [3.05, 3.63) is 48.0 Å². The van der Waals surface area contributed by atoms with Crippen LogP contribution in [-0.2, 0) is 11.2 Å². The predicted octanol–water partition coefficient (Wildman–Crippen LogP) is 6.30. The van der Waals surface area contributed by atoms with Gasteiger partial charge in [-0.05, 0) is 94.1 Å². The summed E-state index contributed by atoms with van der Waals surface area (Å²) in [6.07, 6.45) is 4.56. The molecule has 3 heterocycles. The van der Waals surface area contributed by atoms with Gasteiger partial charge in [-0.3, -0.25) is 0 Å². The molecule has 2 fully saturated rings. The number of nitrogens with zero attached hydrogens (tertiary/aromatic N) is 1. The van der Waals surface area contributed by atoms with E-state index in [9.17, 15) is 0 Å². The minimum atomic E-state index is -0.100. The summed E-state index contributed by atoms with van der Waals surface area (Å²) in [5.41, 5.74) is 4.07. The SMILES string of the molecule is CC1(C)CC2(CCN(c3ccccc3NSc3ccc4c(c3)OC(C)(C)C4)CC2)CO1. The molecule has 3 aliphatic rings. The lowest BCUT2D eigenvalue weighted by atomic mass is 9.74. The van der Waals surface area contributed by atoms with Crippen molar-refractivity contribution >= 4 is 23.3 Å². The van der Waals surface area contributed by atoms with E-state index in [1.807, 2.05) is 0 Å². The maximum atomic E-state index is 6.11. The number of anilines is 2. The second kappa shape index (κ2) is 7.63. The third kappa shape index (κ3) is 4.40. The van der Waals surface area contributed by atoms with Crippen molar-refractivity contribution in [1.29, 1.82) is 0 Å². The third-order valence-corrected chi connectivity index (χ3v) is 7.77. The number of nitrogens with one attached hydrogen (secondary N) is 1. The van der Waals surface area contributed by atoms with E-state index in [2.05, 4.69) is 79.8 Å². The molecule has 0 radical (unpaired) electrons. The topological polar surface area (TPSA) is 33.7 Å². The lowest BCUT2D eigenvalue weighted by Crippen LogP contribution is -2.41. The summed E-state index contributed by atoms with van der Waals surface area (Å²) in [6, 6.07) is 15.2. The fourth-order valence-corrected chi connectivity index (χ4v) is 6.18. The number of benzene rings is 2. The minimum Gasteiger partial charge on any atom is -0.487 e.